The number of likely N-dealkylation sites (tertiary alicyclic amines) is 1. The molecule has 2 atom stereocenters. The fourth-order valence-electron chi connectivity index (χ4n) is 4.12. The van der Waals surface area contributed by atoms with Crippen LogP contribution in [-0.2, 0) is 11.3 Å². The lowest BCUT2D eigenvalue weighted by Crippen LogP contribution is -2.56. The summed E-state index contributed by atoms with van der Waals surface area (Å²) >= 11 is 6.03. The molecule has 1 spiro atoms. The summed E-state index contributed by atoms with van der Waals surface area (Å²) in [5, 5.41) is 9.97. The first kappa shape index (κ1) is 17.9. The summed E-state index contributed by atoms with van der Waals surface area (Å²) in [5.74, 6) is 0.653. The van der Waals surface area contributed by atoms with Gasteiger partial charge in [0.05, 0.1) is 16.8 Å². The highest BCUT2D eigenvalue weighted by atomic mass is 35.5. The zero-order chi connectivity index (χ0) is 19.0. The van der Waals surface area contributed by atoms with Crippen molar-refractivity contribution in [1.82, 2.24) is 14.9 Å². The maximum absolute atomic E-state index is 12.5. The van der Waals surface area contributed by atoms with Gasteiger partial charge in [-0.1, -0.05) is 23.7 Å². The number of carbonyl (C=O) groups is 1. The van der Waals surface area contributed by atoms with Gasteiger partial charge in [-0.25, -0.2) is 4.98 Å². The number of rotatable bonds is 3. The summed E-state index contributed by atoms with van der Waals surface area (Å²) in [7, 11) is 0. The smallest absolute Gasteiger partial charge is 0.252 e. The number of phenols is 1. The molecule has 7 heteroatoms. The molecular formula is C20H21ClN4O2. The summed E-state index contributed by atoms with van der Waals surface area (Å²) in [4.78, 5) is 25.1. The minimum absolute atomic E-state index is 0.0403. The lowest BCUT2D eigenvalue weighted by atomic mass is 9.83. The SMILES string of the molecule is C[C@H]1C[C@@]2(C=CC(=O)N2c2cnccn2)CCN1Cc1ccc(O)c(Cl)c1. The van der Waals surface area contributed by atoms with Crippen LogP contribution in [0, 0.1) is 0 Å². The van der Waals surface area contributed by atoms with E-state index in [4.69, 9.17) is 11.6 Å². The molecule has 1 amide bonds. The number of carbonyl (C=O) groups excluding carboxylic acids is 1. The van der Waals surface area contributed by atoms with Gasteiger partial charge in [0, 0.05) is 37.6 Å². The molecule has 0 saturated carbocycles. The summed E-state index contributed by atoms with van der Waals surface area (Å²) in [6.45, 7) is 3.77. The van der Waals surface area contributed by atoms with E-state index in [2.05, 4.69) is 21.8 Å². The molecule has 6 nitrogen and oxygen atoms in total. The number of aromatic hydroxyl groups is 1. The topological polar surface area (TPSA) is 69.6 Å². The standard InChI is InChI=1S/C20H21ClN4O2/c1-14-11-20(5-4-19(27)25(20)18-12-22-7-8-23-18)6-9-24(14)13-15-2-3-17(26)16(21)10-15/h2-5,7-8,10,12,14,26H,6,9,11,13H2,1H3/t14-,20+/m0/s1. The molecular weight excluding hydrogens is 364 g/mol. The van der Waals surface area contributed by atoms with Crippen LogP contribution in [0.3, 0.4) is 0 Å². The molecule has 1 N–H and O–H groups in total. The lowest BCUT2D eigenvalue weighted by molar-refractivity contribution is -0.114. The molecule has 2 aliphatic rings. The van der Waals surface area contributed by atoms with Crippen LogP contribution >= 0.6 is 11.6 Å². The first-order valence-electron chi connectivity index (χ1n) is 8.99. The largest absolute Gasteiger partial charge is 0.506 e. The van der Waals surface area contributed by atoms with Gasteiger partial charge >= 0.3 is 0 Å². The summed E-state index contributed by atoms with van der Waals surface area (Å²) in [6, 6.07) is 5.59. The van der Waals surface area contributed by atoms with Gasteiger partial charge in [-0.05, 0) is 37.5 Å². The zero-order valence-electron chi connectivity index (χ0n) is 15.0. The quantitative estimate of drug-likeness (QED) is 0.880. The van der Waals surface area contributed by atoms with Crippen LogP contribution in [0.2, 0.25) is 5.02 Å². The molecule has 2 aromatic rings. The van der Waals surface area contributed by atoms with Gasteiger partial charge in [0.25, 0.3) is 5.91 Å². The minimum Gasteiger partial charge on any atom is -0.506 e. The number of halogens is 1. The highest BCUT2D eigenvalue weighted by Gasteiger charge is 2.47. The second-order valence-electron chi connectivity index (χ2n) is 7.23. The van der Waals surface area contributed by atoms with Gasteiger partial charge in [0.1, 0.15) is 5.75 Å². The van der Waals surface area contributed by atoms with Crippen molar-refractivity contribution in [2.75, 3.05) is 11.4 Å². The van der Waals surface area contributed by atoms with Crippen LogP contribution in [0.1, 0.15) is 25.3 Å². The van der Waals surface area contributed by atoms with Crippen molar-refractivity contribution in [2.45, 2.75) is 37.9 Å². The Bertz CT molecular complexity index is 889. The normalized spacial score (nSPS) is 25.5. The van der Waals surface area contributed by atoms with E-state index in [0.29, 0.717) is 10.8 Å². The van der Waals surface area contributed by atoms with Crippen LogP contribution in [0.4, 0.5) is 5.82 Å². The van der Waals surface area contributed by atoms with Gasteiger partial charge < -0.3 is 5.11 Å². The van der Waals surface area contributed by atoms with E-state index in [0.717, 1.165) is 31.5 Å². The first-order valence-corrected chi connectivity index (χ1v) is 9.37. The third-order valence-corrected chi connectivity index (χ3v) is 5.79. The third kappa shape index (κ3) is 3.31. The number of hydrogen-bond acceptors (Lipinski definition) is 5. The average molecular weight is 385 g/mol. The van der Waals surface area contributed by atoms with Crippen LogP contribution in [-0.4, -0.2) is 44.0 Å². The fraction of sp³-hybridized carbons (Fsp3) is 0.350. The molecule has 1 aromatic heterocycles. The molecule has 3 heterocycles. The Kier molecular flexibility index (Phi) is 4.61. The highest BCUT2D eigenvalue weighted by Crippen LogP contribution is 2.40. The molecule has 27 heavy (non-hydrogen) atoms. The Balaban J connectivity index is 1.53. The predicted octanol–water partition coefficient (Wildman–Crippen LogP) is 3.16. The van der Waals surface area contributed by atoms with Crippen LogP contribution in [0.25, 0.3) is 0 Å². The molecule has 0 unspecified atom stereocenters. The summed E-state index contributed by atoms with van der Waals surface area (Å²) in [5.41, 5.74) is 0.708. The number of nitrogens with zero attached hydrogens (tertiary/aromatic N) is 4. The zero-order valence-corrected chi connectivity index (χ0v) is 15.8. The predicted molar refractivity (Wildman–Crippen MR) is 104 cm³/mol. The number of benzene rings is 1. The molecule has 0 bridgehead atoms. The molecule has 1 aromatic carbocycles. The number of aromatic nitrogens is 2. The molecule has 4 rings (SSSR count). The van der Waals surface area contributed by atoms with Gasteiger partial charge in [0.2, 0.25) is 0 Å². The van der Waals surface area contributed by atoms with Gasteiger partial charge in [0.15, 0.2) is 5.82 Å². The Labute approximate surface area is 163 Å². The Morgan fingerprint density at radius 3 is 2.93 bits per heavy atom. The number of phenolic OH excluding ortho intramolecular Hbond substituents is 1. The molecule has 0 radical (unpaired) electrons. The summed E-state index contributed by atoms with van der Waals surface area (Å²) in [6.07, 6.45) is 10.2. The van der Waals surface area contributed by atoms with E-state index in [1.165, 1.54) is 0 Å². The van der Waals surface area contributed by atoms with Crippen molar-refractivity contribution in [3.05, 3.63) is 59.5 Å². The second kappa shape index (κ2) is 6.94. The maximum atomic E-state index is 12.5. The minimum atomic E-state index is -0.352. The number of amides is 1. The number of anilines is 1. The molecule has 1 saturated heterocycles. The summed E-state index contributed by atoms with van der Waals surface area (Å²) < 4.78 is 0. The molecule has 0 aliphatic carbocycles. The first-order chi connectivity index (χ1) is 13.0. The monoisotopic (exact) mass is 384 g/mol. The fourth-order valence-corrected chi connectivity index (χ4v) is 4.32. The number of hydrogen-bond donors (Lipinski definition) is 1. The van der Waals surface area contributed by atoms with Gasteiger partial charge in [-0.15, -0.1) is 0 Å². The van der Waals surface area contributed by atoms with E-state index >= 15 is 0 Å². The molecule has 2 aliphatic heterocycles. The average Bonchev–Trinajstić information content (AvgIpc) is 2.97. The maximum Gasteiger partial charge on any atom is 0.252 e. The molecule has 1 fully saturated rings. The van der Waals surface area contributed by atoms with E-state index in [1.807, 2.05) is 12.1 Å². The highest BCUT2D eigenvalue weighted by molar-refractivity contribution is 6.32. The van der Waals surface area contributed by atoms with Crippen molar-refractivity contribution in [3.63, 3.8) is 0 Å². The van der Waals surface area contributed by atoms with E-state index in [1.54, 1.807) is 41.7 Å². The van der Waals surface area contributed by atoms with Gasteiger partial charge in [-0.2, -0.15) is 0 Å². The Morgan fingerprint density at radius 1 is 1.37 bits per heavy atom. The van der Waals surface area contributed by atoms with Crippen molar-refractivity contribution < 1.29 is 9.90 Å². The van der Waals surface area contributed by atoms with E-state index < -0.39 is 0 Å². The molecule has 140 valence electrons. The van der Waals surface area contributed by atoms with Crippen LogP contribution < -0.4 is 4.90 Å². The van der Waals surface area contributed by atoms with Crippen LogP contribution in [0.5, 0.6) is 5.75 Å². The van der Waals surface area contributed by atoms with Crippen molar-refractivity contribution >= 4 is 23.3 Å². The lowest BCUT2D eigenvalue weighted by Gasteiger charge is -2.47. The third-order valence-electron chi connectivity index (χ3n) is 5.48. The van der Waals surface area contributed by atoms with E-state index in [9.17, 15) is 9.90 Å². The van der Waals surface area contributed by atoms with Crippen LogP contribution in [0.15, 0.2) is 48.9 Å². The van der Waals surface area contributed by atoms with Gasteiger partial charge in [-0.3, -0.25) is 19.6 Å². The van der Waals surface area contributed by atoms with E-state index in [-0.39, 0.29) is 23.2 Å². The second-order valence-corrected chi connectivity index (χ2v) is 7.64. The van der Waals surface area contributed by atoms with Crippen molar-refractivity contribution in [3.8, 4) is 5.75 Å². The van der Waals surface area contributed by atoms with Crippen molar-refractivity contribution in [2.24, 2.45) is 0 Å². The number of piperidine rings is 1. The Morgan fingerprint density at radius 2 is 2.22 bits per heavy atom. The van der Waals surface area contributed by atoms with Crippen molar-refractivity contribution in [1.29, 1.82) is 0 Å². The Hall–Kier alpha value is -2.44.